The summed E-state index contributed by atoms with van der Waals surface area (Å²) in [6.45, 7) is 3.25. The zero-order chi connectivity index (χ0) is 13.8. The molecule has 1 aromatic heterocycles. The van der Waals surface area contributed by atoms with Crippen LogP contribution in [-0.4, -0.2) is 36.6 Å². The van der Waals surface area contributed by atoms with Crippen molar-refractivity contribution >= 4 is 6.08 Å². The zero-order valence-corrected chi connectivity index (χ0v) is 12.3. The fourth-order valence-electron chi connectivity index (χ4n) is 2.71. The summed E-state index contributed by atoms with van der Waals surface area (Å²) in [5, 5.41) is 0. The van der Waals surface area contributed by atoms with Crippen molar-refractivity contribution in [1.29, 1.82) is 0 Å². The molecule has 1 saturated carbocycles. The highest BCUT2D eigenvalue weighted by Gasteiger charge is 2.21. The van der Waals surface area contributed by atoms with E-state index in [4.69, 9.17) is 4.74 Å². The Morgan fingerprint density at radius 1 is 1.35 bits per heavy atom. The number of nitrogens with zero attached hydrogens (tertiary/aromatic N) is 2. The van der Waals surface area contributed by atoms with Gasteiger partial charge in [-0.1, -0.05) is 12.2 Å². The molecule has 0 aromatic carbocycles. The first-order chi connectivity index (χ1) is 9.79. The molecule has 1 aliphatic heterocycles. The smallest absolute Gasteiger partial charge is 0.138 e. The van der Waals surface area contributed by atoms with Gasteiger partial charge in [-0.3, -0.25) is 4.98 Å². The number of pyridine rings is 1. The number of piperidine rings is 1. The molecule has 108 valence electrons. The van der Waals surface area contributed by atoms with E-state index in [0.717, 1.165) is 23.8 Å². The summed E-state index contributed by atoms with van der Waals surface area (Å²) >= 11 is 0. The van der Waals surface area contributed by atoms with E-state index in [-0.39, 0.29) is 0 Å². The lowest BCUT2D eigenvalue weighted by atomic mass is 9.97. The van der Waals surface area contributed by atoms with Crippen LogP contribution in [0, 0.1) is 11.8 Å². The third kappa shape index (κ3) is 4.07. The van der Waals surface area contributed by atoms with Crippen molar-refractivity contribution < 1.29 is 4.74 Å². The topological polar surface area (TPSA) is 25.4 Å². The summed E-state index contributed by atoms with van der Waals surface area (Å²) < 4.78 is 5.77. The van der Waals surface area contributed by atoms with E-state index >= 15 is 0 Å². The van der Waals surface area contributed by atoms with Crippen LogP contribution >= 0.6 is 0 Å². The minimum Gasteiger partial charge on any atom is -0.492 e. The molecule has 1 unspecified atom stereocenters. The van der Waals surface area contributed by atoms with E-state index < -0.39 is 0 Å². The normalized spacial score (nSPS) is 24.1. The van der Waals surface area contributed by atoms with E-state index in [1.54, 1.807) is 0 Å². The molecule has 0 amide bonds. The highest BCUT2D eigenvalue weighted by Crippen LogP contribution is 2.29. The maximum atomic E-state index is 5.77. The lowest BCUT2D eigenvalue weighted by Crippen LogP contribution is -2.30. The highest BCUT2D eigenvalue weighted by atomic mass is 16.5. The van der Waals surface area contributed by atoms with E-state index in [9.17, 15) is 0 Å². The van der Waals surface area contributed by atoms with Gasteiger partial charge in [-0.25, -0.2) is 0 Å². The summed E-state index contributed by atoms with van der Waals surface area (Å²) in [7, 11) is 2.20. The minimum absolute atomic E-state index is 0.671. The quantitative estimate of drug-likeness (QED) is 0.823. The molecule has 1 saturated heterocycles. The SMILES string of the molecule is CN1CCCC(/C=C/c2cncc(OCC3CC3)c2)C1. The van der Waals surface area contributed by atoms with Gasteiger partial charge in [0.2, 0.25) is 0 Å². The van der Waals surface area contributed by atoms with Crippen LogP contribution in [0.25, 0.3) is 6.08 Å². The van der Waals surface area contributed by atoms with Gasteiger partial charge in [0.1, 0.15) is 5.75 Å². The van der Waals surface area contributed by atoms with Crippen molar-refractivity contribution in [3.05, 3.63) is 30.1 Å². The van der Waals surface area contributed by atoms with Crippen LogP contribution in [0.4, 0.5) is 0 Å². The third-order valence-electron chi connectivity index (χ3n) is 4.14. The van der Waals surface area contributed by atoms with Crippen molar-refractivity contribution in [2.24, 2.45) is 11.8 Å². The Kier molecular flexibility index (Phi) is 4.36. The second kappa shape index (κ2) is 6.40. The van der Waals surface area contributed by atoms with Crippen molar-refractivity contribution in [3.63, 3.8) is 0 Å². The fourth-order valence-corrected chi connectivity index (χ4v) is 2.71. The number of ether oxygens (including phenoxy) is 1. The van der Waals surface area contributed by atoms with Gasteiger partial charge in [0, 0.05) is 12.7 Å². The van der Waals surface area contributed by atoms with Crippen LogP contribution in [0.5, 0.6) is 5.75 Å². The number of aromatic nitrogens is 1. The molecule has 20 heavy (non-hydrogen) atoms. The maximum Gasteiger partial charge on any atom is 0.138 e. The van der Waals surface area contributed by atoms with Crippen LogP contribution in [0.3, 0.4) is 0 Å². The highest BCUT2D eigenvalue weighted by molar-refractivity contribution is 5.50. The van der Waals surface area contributed by atoms with E-state index in [1.165, 1.54) is 38.8 Å². The molecule has 3 nitrogen and oxygen atoms in total. The predicted molar refractivity (Wildman–Crippen MR) is 81.7 cm³/mol. The molecule has 2 heterocycles. The van der Waals surface area contributed by atoms with Crippen LogP contribution in [0.2, 0.25) is 0 Å². The average molecular weight is 272 g/mol. The standard InChI is InChI=1S/C17H24N2O/c1-19-8-2-3-14(12-19)4-7-16-9-17(11-18-10-16)20-13-15-5-6-15/h4,7,9-11,14-15H,2-3,5-6,8,12-13H2,1H3/b7-4+. The Hall–Kier alpha value is -1.35. The fraction of sp³-hybridized carbons (Fsp3) is 0.588. The molecule has 1 aromatic rings. The van der Waals surface area contributed by atoms with Crippen LogP contribution in [0.1, 0.15) is 31.2 Å². The molecule has 0 bridgehead atoms. The molecule has 2 fully saturated rings. The molecule has 1 aliphatic carbocycles. The lowest BCUT2D eigenvalue weighted by molar-refractivity contribution is 0.238. The number of hydrogen-bond donors (Lipinski definition) is 0. The Labute approximate surface area is 121 Å². The van der Waals surface area contributed by atoms with Gasteiger partial charge in [0.25, 0.3) is 0 Å². The molecule has 3 heteroatoms. The Bertz CT molecular complexity index is 468. The number of likely N-dealkylation sites (tertiary alicyclic amines) is 1. The molecule has 0 N–H and O–H groups in total. The first kappa shape index (κ1) is 13.6. The van der Waals surface area contributed by atoms with Crippen molar-refractivity contribution in [3.8, 4) is 5.75 Å². The van der Waals surface area contributed by atoms with Crippen molar-refractivity contribution in [2.45, 2.75) is 25.7 Å². The van der Waals surface area contributed by atoms with E-state index in [2.05, 4.69) is 35.1 Å². The summed E-state index contributed by atoms with van der Waals surface area (Å²) in [5.74, 6) is 2.36. The van der Waals surface area contributed by atoms with Crippen LogP contribution in [0.15, 0.2) is 24.5 Å². The summed E-state index contributed by atoms with van der Waals surface area (Å²) in [6, 6.07) is 2.10. The van der Waals surface area contributed by atoms with Gasteiger partial charge >= 0.3 is 0 Å². The second-order valence-corrected chi connectivity index (χ2v) is 6.23. The number of hydrogen-bond acceptors (Lipinski definition) is 3. The van der Waals surface area contributed by atoms with Gasteiger partial charge < -0.3 is 9.64 Å². The molecule has 0 radical (unpaired) electrons. The number of rotatable bonds is 5. The lowest BCUT2D eigenvalue weighted by Gasteiger charge is -2.27. The van der Waals surface area contributed by atoms with Crippen LogP contribution in [-0.2, 0) is 0 Å². The molecular formula is C17H24N2O. The maximum absolute atomic E-state index is 5.77. The Morgan fingerprint density at radius 3 is 3.05 bits per heavy atom. The summed E-state index contributed by atoms with van der Waals surface area (Å²) in [6.07, 6.45) is 13.5. The summed E-state index contributed by atoms with van der Waals surface area (Å²) in [4.78, 5) is 6.68. The second-order valence-electron chi connectivity index (χ2n) is 6.23. The molecule has 3 rings (SSSR count). The average Bonchev–Trinajstić information content (AvgIpc) is 3.28. The Morgan fingerprint density at radius 2 is 2.25 bits per heavy atom. The molecule has 1 atom stereocenters. The van der Waals surface area contributed by atoms with Gasteiger partial charge in [-0.2, -0.15) is 0 Å². The summed E-state index contributed by atoms with van der Waals surface area (Å²) in [5.41, 5.74) is 1.14. The van der Waals surface area contributed by atoms with E-state index in [0.29, 0.717) is 5.92 Å². The predicted octanol–water partition coefficient (Wildman–Crippen LogP) is 3.23. The largest absolute Gasteiger partial charge is 0.492 e. The van der Waals surface area contributed by atoms with Crippen LogP contribution < -0.4 is 4.74 Å². The first-order valence-electron chi connectivity index (χ1n) is 7.74. The first-order valence-corrected chi connectivity index (χ1v) is 7.74. The molecular weight excluding hydrogens is 248 g/mol. The van der Waals surface area contributed by atoms with Gasteiger partial charge in [0.05, 0.1) is 12.8 Å². The third-order valence-corrected chi connectivity index (χ3v) is 4.14. The van der Waals surface area contributed by atoms with Gasteiger partial charge in [-0.15, -0.1) is 0 Å². The monoisotopic (exact) mass is 272 g/mol. The van der Waals surface area contributed by atoms with Gasteiger partial charge in [0.15, 0.2) is 0 Å². The molecule has 0 spiro atoms. The van der Waals surface area contributed by atoms with Crippen molar-refractivity contribution in [1.82, 2.24) is 9.88 Å². The minimum atomic E-state index is 0.671. The molecule has 2 aliphatic rings. The van der Waals surface area contributed by atoms with Crippen molar-refractivity contribution in [2.75, 3.05) is 26.7 Å². The Balaban J connectivity index is 1.56. The van der Waals surface area contributed by atoms with Gasteiger partial charge in [-0.05, 0) is 62.7 Å². The van der Waals surface area contributed by atoms with E-state index in [1.807, 2.05) is 12.4 Å². The zero-order valence-electron chi connectivity index (χ0n) is 12.3.